The highest BCUT2D eigenvalue weighted by atomic mass is 35.5. The second-order valence-electron chi connectivity index (χ2n) is 4.36. The molecule has 0 bridgehead atoms. The molecule has 0 radical (unpaired) electrons. The highest BCUT2D eigenvalue weighted by Crippen LogP contribution is 2.29. The largest absolute Gasteiger partial charge is 0.467 e. The quantitative estimate of drug-likeness (QED) is 0.512. The maximum Gasteiger partial charge on any atom is 0.271 e. The van der Waals surface area contributed by atoms with Crippen molar-refractivity contribution in [3.63, 3.8) is 0 Å². The van der Waals surface area contributed by atoms with Crippen molar-refractivity contribution >= 4 is 28.9 Å². The van der Waals surface area contributed by atoms with Gasteiger partial charge in [-0.15, -0.1) is 0 Å². The number of non-ortho nitro benzene ring substituents is 1. The van der Waals surface area contributed by atoms with Gasteiger partial charge in [-0.05, 0) is 19.1 Å². The van der Waals surface area contributed by atoms with Crippen LogP contribution in [0.25, 0.3) is 0 Å². The zero-order valence-electron chi connectivity index (χ0n) is 11.0. The Labute approximate surface area is 124 Å². The number of anilines is 1. The maximum absolute atomic E-state index is 12.2. The minimum atomic E-state index is -0.641. The molecule has 2 rings (SSSR count). The zero-order valence-corrected chi connectivity index (χ0v) is 11.8. The number of carbonyl (C=O) groups is 1. The fourth-order valence-corrected chi connectivity index (χ4v) is 1.99. The van der Waals surface area contributed by atoms with E-state index in [2.05, 4.69) is 5.32 Å². The van der Waals surface area contributed by atoms with Crippen LogP contribution in [0.5, 0.6) is 0 Å². The van der Waals surface area contributed by atoms with Crippen molar-refractivity contribution in [1.82, 2.24) is 5.32 Å². The third-order valence-electron chi connectivity index (χ3n) is 2.89. The number of nitrogen functional groups attached to an aromatic ring is 1. The maximum atomic E-state index is 12.2. The Morgan fingerprint density at radius 3 is 2.81 bits per heavy atom. The fraction of sp³-hybridized carbons (Fsp3) is 0.154. The summed E-state index contributed by atoms with van der Waals surface area (Å²) < 4.78 is 5.17. The van der Waals surface area contributed by atoms with Gasteiger partial charge in [-0.25, -0.2) is 0 Å². The van der Waals surface area contributed by atoms with Crippen molar-refractivity contribution in [1.29, 1.82) is 0 Å². The monoisotopic (exact) mass is 309 g/mol. The van der Waals surface area contributed by atoms with Gasteiger partial charge in [0.1, 0.15) is 5.76 Å². The lowest BCUT2D eigenvalue weighted by Gasteiger charge is -2.13. The summed E-state index contributed by atoms with van der Waals surface area (Å²) in [5.41, 5.74) is 5.35. The van der Waals surface area contributed by atoms with Gasteiger partial charge < -0.3 is 15.5 Å². The van der Waals surface area contributed by atoms with E-state index in [1.807, 2.05) is 0 Å². The van der Waals surface area contributed by atoms with E-state index in [9.17, 15) is 14.9 Å². The van der Waals surface area contributed by atoms with Gasteiger partial charge in [0.05, 0.1) is 33.5 Å². The number of nitro benzene ring substituents is 1. The number of furan rings is 1. The molecule has 1 atom stereocenters. The number of nitro groups is 1. The van der Waals surface area contributed by atoms with Crippen LogP contribution in [0.3, 0.4) is 0 Å². The number of amides is 1. The minimum absolute atomic E-state index is 0.00795. The van der Waals surface area contributed by atoms with Crippen LogP contribution in [0.4, 0.5) is 11.4 Å². The summed E-state index contributed by atoms with van der Waals surface area (Å²) in [6, 6.07) is 5.17. The van der Waals surface area contributed by atoms with Gasteiger partial charge in [-0.3, -0.25) is 14.9 Å². The van der Waals surface area contributed by atoms with E-state index in [-0.39, 0.29) is 22.0 Å². The standard InChI is InChI=1S/C13H12ClN3O4/c1-7(11-3-2-4-21-11)16-13(18)9-5-8(17(19)20)6-10(14)12(9)15/h2-7H,15H2,1H3,(H,16,18). The molecule has 110 valence electrons. The third kappa shape index (κ3) is 3.14. The summed E-state index contributed by atoms with van der Waals surface area (Å²) in [7, 11) is 0. The van der Waals surface area contributed by atoms with Gasteiger partial charge in [-0.1, -0.05) is 11.6 Å². The normalized spacial score (nSPS) is 11.9. The van der Waals surface area contributed by atoms with Gasteiger partial charge in [0.25, 0.3) is 11.6 Å². The van der Waals surface area contributed by atoms with Crippen molar-refractivity contribution < 1.29 is 14.1 Å². The number of benzene rings is 1. The van der Waals surface area contributed by atoms with Gasteiger partial charge in [0.2, 0.25) is 0 Å². The van der Waals surface area contributed by atoms with Crippen LogP contribution in [-0.4, -0.2) is 10.8 Å². The molecule has 1 aromatic heterocycles. The first kappa shape index (κ1) is 14.9. The number of nitrogens with one attached hydrogen (secondary N) is 1. The molecule has 1 amide bonds. The van der Waals surface area contributed by atoms with Crippen LogP contribution in [0.1, 0.15) is 29.1 Å². The molecule has 21 heavy (non-hydrogen) atoms. The zero-order chi connectivity index (χ0) is 15.6. The summed E-state index contributed by atoms with van der Waals surface area (Å²) in [6.07, 6.45) is 1.48. The molecule has 0 aliphatic rings. The Morgan fingerprint density at radius 2 is 2.24 bits per heavy atom. The second-order valence-corrected chi connectivity index (χ2v) is 4.76. The highest BCUT2D eigenvalue weighted by molar-refractivity contribution is 6.34. The molecule has 0 saturated heterocycles. The van der Waals surface area contributed by atoms with E-state index in [0.717, 1.165) is 12.1 Å². The number of nitrogens with two attached hydrogens (primary N) is 1. The summed E-state index contributed by atoms with van der Waals surface area (Å²) in [6.45, 7) is 1.71. The summed E-state index contributed by atoms with van der Waals surface area (Å²) in [5, 5.41) is 13.4. The fourth-order valence-electron chi connectivity index (χ4n) is 1.78. The van der Waals surface area contributed by atoms with Gasteiger partial charge in [0.15, 0.2) is 0 Å². The van der Waals surface area contributed by atoms with E-state index in [0.29, 0.717) is 5.76 Å². The molecule has 0 aliphatic carbocycles. The van der Waals surface area contributed by atoms with E-state index >= 15 is 0 Å². The lowest BCUT2D eigenvalue weighted by molar-refractivity contribution is -0.384. The Bertz CT molecular complexity index is 685. The molecule has 0 aliphatic heterocycles. The predicted molar refractivity (Wildman–Crippen MR) is 77.1 cm³/mol. The molecule has 1 unspecified atom stereocenters. The Morgan fingerprint density at radius 1 is 1.52 bits per heavy atom. The molecule has 0 spiro atoms. The number of hydrogen-bond acceptors (Lipinski definition) is 5. The first-order valence-corrected chi connectivity index (χ1v) is 6.35. The van der Waals surface area contributed by atoms with Crippen molar-refractivity contribution in [2.24, 2.45) is 0 Å². The van der Waals surface area contributed by atoms with Crippen LogP contribution in [0.2, 0.25) is 5.02 Å². The molecule has 8 heteroatoms. The van der Waals surface area contributed by atoms with Crippen LogP contribution >= 0.6 is 11.6 Å². The molecule has 7 nitrogen and oxygen atoms in total. The Hall–Kier alpha value is -2.54. The van der Waals surface area contributed by atoms with E-state index in [1.165, 1.54) is 6.26 Å². The second kappa shape index (κ2) is 5.84. The third-order valence-corrected chi connectivity index (χ3v) is 3.20. The van der Waals surface area contributed by atoms with Crippen molar-refractivity contribution in [3.05, 3.63) is 57.0 Å². The smallest absolute Gasteiger partial charge is 0.271 e. The molecular weight excluding hydrogens is 298 g/mol. The molecule has 1 heterocycles. The molecule has 2 aromatic rings. The number of nitrogens with zero attached hydrogens (tertiary/aromatic N) is 1. The minimum Gasteiger partial charge on any atom is -0.467 e. The van der Waals surface area contributed by atoms with Crippen LogP contribution < -0.4 is 11.1 Å². The molecular formula is C13H12ClN3O4. The van der Waals surface area contributed by atoms with Gasteiger partial charge >= 0.3 is 0 Å². The first-order chi connectivity index (χ1) is 9.90. The summed E-state index contributed by atoms with van der Waals surface area (Å²) in [4.78, 5) is 22.4. The highest BCUT2D eigenvalue weighted by Gasteiger charge is 2.21. The average Bonchev–Trinajstić information content (AvgIpc) is 2.95. The number of rotatable bonds is 4. The van der Waals surface area contributed by atoms with E-state index in [1.54, 1.807) is 19.1 Å². The van der Waals surface area contributed by atoms with Crippen molar-refractivity contribution in [2.45, 2.75) is 13.0 Å². The summed E-state index contributed by atoms with van der Waals surface area (Å²) >= 11 is 5.82. The van der Waals surface area contributed by atoms with Crippen LogP contribution in [0.15, 0.2) is 34.9 Å². The van der Waals surface area contributed by atoms with Crippen molar-refractivity contribution in [3.8, 4) is 0 Å². The molecule has 0 fully saturated rings. The number of hydrogen-bond donors (Lipinski definition) is 2. The molecule has 3 N–H and O–H groups in total. The van der Waals surface area contributed by atoms with Crippen LogP contribution in [-0.2, 0) is 0 Å². The van der Waals surface area contributed by atoms with Crippen molar-refractivity contribution in [2.75, 3.05) is 5.73 Å². The lowest BCUT2D eigenvalue weighted by atomic mass is 10.1. The molecule has 0 saturated carbocycles. The average molecular weight is 310 g/mol. The SMILES string of the molecule is CC(NC(=O)c1cc([N+](=O)[O-])cc(Cl)c1N)c1ccco1. The predicted octanol–water partition coefficient (Wildman–Crippen LogP) is 2.91. The first-order valence-electron chi connectivity index (χ1n) is 5.98. The summed E-state index contributed by atoms with van der Waals surface area (Å²) in [5.74, 6) is -0.0135. The number of carbonyl (C=O) groups excluding carboxylic acids is 1. The lowest BCUT2D eigenvalue weighted by Crippen LogP contribution is -2.27. The number of halogens is 1. The van der Waals surface area contributed by atoms with Gasteiger partial charge in [0, 0.05) is 12.1 Å². The molecule has 1 aromatic carbocycles. The van der Waals surface area contributed by atoms with E-state index in [4.69, 9.17) is 21.8 Å². The van der Waals surface area contributed by atoms with Crippen LogP contribution in [0, 0.1) is 10.1 Å². The topological polar surface area (TPSA) is 111 Å². The Kier molecular flexibility index (Phi) is 4.13. The van der Waals surface area contributed by atoms with E-state index < -0.39 is 16.9 Å². The van der Waals surface area contributed by atoms with Gasteiger partial charge in [-0.2, -0.15) is 0 Å². The Balaban J connectivity index is 2.28.